The summed E-state index contributed by atoms with van der Waals surface area (Å²) < 4.78 is 5.20. The Kier molecular flexibility index (Phi) is 8.12. The van der Waals surface area contributed by atoms with Gasteiger partial charge < -0.3 is 15.2 Å². The fraction of sp³-hybridized carbons (Fsp3) is 0.429. The van der Waals surface area contributed by atoms with Crippen LogP contribution in [-0.2, 0) is 14.3 Å². The number of rotatable bonds is 8. The molecule has 31 heavy (non-hydrogen) atoms. The van der Waals surface area contributed by atoms with Crippen LogP contribution in [-0.4, -0.2) is 45.9 Å². The van der Waals surface area contributed by atoms with E-state index in [0.29, 0.717) is 10.8 Å². The number of carboxylic acid groups (broad SMARTS) is 1. The predicted octanol–water partition coefficient (Wildman–Crippen LogP) is 3.30. The van der Waals surface area contributed by atoms with Gasteiger partial charge in [-0.1, -0.05) is 44.2 Å². The summed E-state index contributed by atoms with van der Waals surface area (Å²) >= 11 is 1.35. The van der Waals surface area contributed by atoms with Crippen LogP contribution in [0.25, 0.3) is 10.6 Å². The molecule has 9 nitrogen and oxygen atoms in total. The van der Waals surface area contributed by atoms with Crippen molar-refractivity contribution in [3.63, 3.8) is 0 Å². The molecule has 1 aromatic heterocycles. The van der Waals surface area contributed by atoms with Crippen LogP contribution in [0.5, 0.6) is 0 Å². The van der Waals surface area contributed by atoms with Crippen molar-refractivity contribution < 1.29 is 24.2 Å². The second-order valence-electron chi connectivity index (χ2n) is 8.20. The van der Waals surface area contributed by atoms with E-state index in [4.69, 9.17) is 4.74 Å². The molecular weight excluding hydrogens is 420 g/mol. The Balaban J connectivity index is 2.17. The van der Waals surface area contributed by atoms with Crippen molar-refractivity contribution in [3.05, 3.63) is 35.7 Å². The van der Waals surface area contributed by atoms with Crippen LogP contribution < -0.4 is 16.0 Å². The number of carbonyl (C=O) groups excluding carboxylic acids is 2. The summed E-state index contributed by atoms with van der Waals surface area (Å²) in [5.74, 6) is -1.85. The molecule has 2 aromatic rings. The number of carbonyl (C=O) groups is 3. The largest absolute Gasteiger partial charge is 0.480 e. The monoisotopic (exact) mass is 448 g/mol. The highest BCUT2D eigenvalue weighted by Crippen LogP contribution is 2.25. The minimum absolute atomic E-state index is 0.295. The molecule has 2 atom stereocenters. The highest BCUT2D eigenvalue weighted by Gasteiger charge is 2.31. The first-order valence-corrected chi connectivity index (χ1v) is 10.6. The molecule has 2 amide bonds. The Morgan fingerprint density at radius 2 is 1.77 bits per heavy atom. The van der Waals surface area contributed by atoms with E-state index in [1.165, 1.54) is 11.3 Å². The van der Waals surface area contributed by atoms with Crippen molar-refractivity contribution in [2.24, 2.45) is 5.92 Å². The zero-order valence-electron chi connectivity index (χ0n) is 18.1. The number of ether oxygens (including phenoxy) is 1. The Morgan fingerprint density at radius 3 is 2.32 bits per heavy atom. The lowest BCUT2D eigenvalue weighted by molar-refractivity contribution is -0.141. The Bertz CT molecular complexity index is 908. The van der Waals surface area contributed by atoms with Crippen LogP contribution >= 0.6 is 11.3 Å². The number of nitrogens with zero attached hydrogens (tertiary/aromatic N) is 1. The summed E-state index contributed by atoms with van der Waals surface area (Å²) in [5, 5.41) is 19.5. The normalized spacial score (nSPS) is 13.4. The summed E-state index contributed by atoms with van der Waals surface area (Å²) in [4.78, 5) is 41.1. The molecule has 4 N–H and O–H groups in total. The fourth-order valence-electron chi connectivity index (χ4n) is 2.58. The van der Waals surface area contributed by atoms with E-state index in [-0.39, 0.29) is 5.92 Å². The molecule has 2 rings (SSSR count). The van der Waals surface area contributed by atoms with Crippen molar-refractivity contribution in [2.45, 2.75) is 52.4 Å². The van der Waals surface area contributed by atoms with Gasteiger partial charge in [-0.05, 0) is 26.7 Å². The van der Waals surface area contributed by atoms with E-state index in [1.807, 2.05) is 30.3 Å². The van der Waals surface area contributed by atoms with E-state index < -0.39 is 35.8 Å². The topological polar surface area (TPSA) is 130 Å². The Hall–Kier alpha value is -2.98. The summed E-state index contributed by atoms with van der Waals surface area (Å²) in [6, 6.07) is 8.40. The number of carboxylic acids is 1. The van der Waals surface area contributed by atoms with Crippen molar-refractivity contribution in [3.8, 4) is 10.6 Å². The second-order valence-corrected chi connectivity index (χ2v) is 9.06. The molecule has 0 aliphatic carbocycles. The summed E-state index contributed by atoms with van der Waals surface area (Å²) in [6.45, 7) is 8.44. The third-order valence-corrected chi connectivity index (χ3v) is 4.87. The number of hydrogen-bond acceptors (Lipinski definition) is 7. The fourth-order valence-corrected chi connectivity index (χ4v) is 3.34. The molecule has 0 fully saturated rings. The van der Waals surface area contributed by atoms with Crippen molar-refractivity contribution in [2.75, 3.05) is 5.32 Å². The van der Waals surface area contributed by atoms with Gasteiger partial charge in [-0.25, -0.2) is 9.78 Å². The third-order valence-electron chi connectivity index (χ3n) is 3.98. The van der Waals surface area contributed by atoms with Gasteiger partial charge in [0.05, 0.1) is 0 Å². The van der Waals surface area contributed by atoms with Crippen LogP contribution in [0.15, 0.2) is 35.7 Å². The van der Waals surface area contributed by atoms with Crippen LogP contribution in [0.4, 0.5) is 10.6 Å². The number of alkyl carbamates (subject to hydrolysis) is 1. The minimum Gasteiger partial charge on any atom is -0.480 e. The van der Waals surface area contributed by atoms with E-state index in [9.17, 15) is 19.5 Å². The number of aromatic nitrogens is 1. The number of aliphatic carboxylic acids is 1. The number of amides is 2. The van der Waals surface area contributed by atoms with Crippen LogP contribution in [0.3, 0.4) is 0 Å². The number of thiazole rings is 1. The molecule has 0 radical (unpaired) electrons. The van der Waals surface area contributed by atoms with Gasteiger partial charge in [0.15, 0.2) is 6.17 Å². The number of nitrogens with one attached hydrogen (secondary N) is 3. The van der Waals surface area contributed by atoms with Gasteiger partial charge in [0, 0.05) is 10.9 Å². The van der Waals surface area contributed by atoms with Gasteiger partial charge in [-0.3, -0.25) is 20.2 Å². The van der Waals surface area contributed by atoms with Gasteiger partial charge in [0.25, 0.3) is 5.91 Å². The smallest absolute Gasteiger partial charge is 0.409 e. The number of benzene rings is 1. The Labute approximate surface area is 185 Å². The molecular formula is C21H28N4O5S. The molecule has 1 aromatic carbocycles. The first-order chi connectivity index (χ1) is 14.5. The van der Waals surface area contributed by atoms with Crippen LogP contribution in [0.2, 0.25) is 0 Å². The third kappa shape index (κ3) is 7.65. The molecule has 168 valence electrons. The highest BCUT2D eigenvalue weighted by atomic mass is 32.1. The predicted molar refractivity (Wildman–Crippen MR) is 119 cm³/mol. The zero-order chi connectivity index (χ0) is 23.2. The van der Waals surface area contributed by atoms with Gasteiger partial charge in [-0.15, -0.1) is 11.3 Å². The molecule has 1 heterocycles. The summed E-state index contributed by atoms with van der Waals surface area (Å²) in [6.07, 6.45) is -2.20. The minimum atomic E-state index is -1.35. The van der Waals surface area contributed by atoms with Crippen molar-refractivity contribution >= 4 is 35.1 Å². The van der Waals surface area contributed by atoms with E-state index >= 15 is 0 Å². The summed E-state index contributed by atoms with van der Waals surface area (Å²) in [5.41, 5.74) is 0.120. The van der Waals surface area contributed by atoms with Crippen LogP contribution in [0.1, 0.15) is 34.6 Å². The SMILES string of the molecule is CC(C)[C@H](N[C@H](NC(=O)OC(C)(C)C)C(=O)Nc1csc(-c2ccccc2)n1)C(=O)O. The quantitative estimate of drug-likeness (QED) is 0.456. The van der Waals surface area contributed by atoms with Gasteiger partial charge in [0.1, 0.15) is 22.5 Å². The molecule has 0 aliphatic heterocycles. The second kappa shape index (κ2) is 10.4. The maximum Gasteiger partial charge on any atom is 0.409 e. The lowest BCUT2D eigenvalue weighted by Crippen LogP contribution is -2.59. The van der Waals surface area contributed by atoms with Gasteiger partial charge >= 0.3 is 12.1 Å². The van der Waals surface area contributed by atoms with E-state index in [1.54, 1.807) is 40.0 Å². The van der Waals surface area contributed by atoms with Crippen molar-refractivity contribution in [1.82, 2.24) is 15.6 Å². The van der Waals surface area contributed by atoms with Gasteiger partial charge in [-0.2, -0.15) is 0 Å². The molecule has 0 spiro atoms. The first kappa shape index (κ1) is 24.3. The van der Waals surface area contributed by atoms with Crippen LogP contribution in [0, 0.1) is 5.92 Å². The average Bonchev–Trinajstić information content (AvgIpc) is 3.12. The van der Waals surface area contributed by atoms with Crippen molar-refractivity contribution in [1.29, 1.82) is 0 Å². The maximum absolute atomic E-state index is 12.9. The highest BCUT2D eigenvalue weighted by molar-refractivity contribution is 7.13. The molecule has 10 heteroatoms. The molecule has 0 aliphatic rings. The number of hydrogen-bond donors (Lipinski definition) is 4. The molecule has 0 saturated heterocycles. The standard InChI is InChI=1S/C21H28N4O5S/c1-12(2)15(19(27)28)24-16(25-20(29)30-21(3,4)5)17(26)22-14-11-31-18(23-14)13-9-7-6-8-10-13/h6-12,15-16,24H,1-5H3,(H,22,26)(H,25,29)(H,27,28)/t15-,16+/m0/s1. The van der Waals surface area contributed by atoms with E-state index in [0.717, 1.165) is 5.56 Å². The maximum atomic E-state index is 12.9. The lowest BCUT2D eigenvalue weighted by Gasteiger charge is -2.27. The average molecular weight is 449 g/mol. The van der Waals surface area contributed by atoms with Gasteiger partial charge in [0.2, 0.25) is 0 Å². The molecule has 0 unspecified atom stereocenters. The lowest BCUT2D eigenvalue weighted by atomic mass is 10.0. The summed E-state index contributed by atoms with van der Waals surface area (Å²) in [7, 11) is 0. The molecule has 0 saturated carbocycles. The number of anilines is 1. The Morgan fingerprint density at radius 1 is 1.13 bits per heavy atom. The molecule has 0 bridgehead atoms. The zero-order valence-corrected chi connectivity index (χ0v) is 18.9. The first-order valence-electron chi connectivity index (χ1n) is 9.76. The van der Waals surface area contributed by atoms with E-state index in [2.05, 4.69) is 20.9 Å².